The summed E-state index contributed by atoms with van der Waals surface area (Å²) in [7, 11) is 0. The fraction of sp³-hybridized carbons (Fsp3) is 0.130. The molecule has 0 aliphatic rings. The Morgan fingerprint density at radius 3 is 2.64 bits per heavy atom. The lowest BCUT2D eigenvalue weighted by Crippen LogP contribution is -2.23. The van der Waals surface area contributed by atoms with Crippen LogP contribution in [0, 0.1) is 0 Å². The number of benzene rings is 2. The van der Waals surface area contributed by atoms with Crippen LogP contribution in [0.4, 0.5) is 0 Å². The maximum absolute atomic E-state index is 12.4. The van der Waals surface area contributed by atoms with E-state index >= 15 is 0 Å². The minimum Gasteiger partial charge on any atom is -0.352 e. The molecule has 2 heterocycles. The molecule has 0 spiro atoms. The van der Waals surface area contributed by atoms with E-state index < -0.39 is 0 Å². The molecule has 0 radical (unpaired) electrons. The van der Waals surface area contributed by atoms with E-state index in [1.165, 1.54) is 0 Å². The molecule has 0 atom stereocenters. The van der Waals surface area contributed by atoms with Crippen molar-refractivity contribution in [2.24, 2.45) is 0 Å². The van der Waals surface area contributed by atoms with E-state index in [0.717, 1.165) is 32.6 Å². The molecule has 0 saturated heterocycles. The number of imidazole rings is 1. The van der Waals surface area contributed by atoms with E-state index in [1.54, 1.807) is 0 Å². The van der Waals surface area contributed by atoms with E-state index in [9.17, 15) is 4.79 Å². The van der Waals surface area contributed by atoms with Crippen LogP contribution >= 0.6 is 15.9 Å². The standard InChI is InChI=1S/C23H20BrN3O/c24-19-10-6-7-17(15-19)16-25-22(28)13-12-20-23(18-8-2-1-3-9-18)26-21-11-4-5-14-27(20)21/h1-11,14-15H,12-13,16H2,(H,25,28). The second kappa shape index (κ2) is 8.40. The van der Waals surface area contributed by atoms with Gasteiger partial charge in [-0.3, -0.25) is 4.79 Å². The molecular weight excluding hydrogens is 414 g/mol. The van der Waals surface area contributed by atoms with Gasteiger partial charge in [-0.05, 0) is 36.2 Å². The fourth-order valence-corrected chi connectivity index (χ4v) is 3.73. The summed E-state index contributed by atoms with van der Waals surface area (Å²) in [6.07, 6.45) is 3.04. The number of nitrogens with zero attached hydrogens (tertiary/aromatic N) is 2. The molecular formula is C23H20BrN3O. The van der Waals surface area contributed by atoms with Crippen LogP contribution < -0.4 is 5.32 Å². The zero-order valence-corrected chi connectivity index (χ0v) is 16.9. The highest BCUT2D eigenvalue weighted by atomic mass is 79.9. The van der Waals surface area contributed by atoms with Gasteiger partial charge in [0.05, 0.1) is 11.4 Å². The van der Waals surface area contributed by atoms with E-state index in [2.05, 4.69) is 37.8 Å². The minimum absolute atomic E-state index is 0.0323. The van der Waals surface area contributed by atoms with Gasteiger partial charge >= 0.3 is 0 Å². The van der Waals surface area contributed by atoms with Gasteiger partial charge in [-0.2, -0.15) is 0 Å². The molecule has 4 aromatic rings. The molecule has 1 N–H and O–H groups in total. The lowest BCUT2D eigenvalue weighted by atomic mass is 10.1. The third-order valence-electron chi connectivity index (χ3n) is 4.64. The number of aromatic nitrogens is 2. The first-order valence-corrected chi connectivity index (χ1v) is 10.0. The molecule has 28 heavy (non-hydrogen) atoms. The molecule has 0 fully saturated rings. The summed E-state index contributed by atoms with van der Waals surface area (Å²) in [6.45, 7) is 0.525. The largest absolute Gasteiger partial charge is 0.352 e. The summed E-state index contributed by atoms with van der Waals surface area (Å²) < 4.78 is 3.08. The number of hydrogen-bond donors (Lipinski definition) is 1. The number of carbonyl (C=O) groups excluding carboxylic acids is 1. The maximum Gasteiger partial charge on any atom is 0.220 e. The summed E-state index contributed by atoms with van der Waals surface area (Å²) in [4.78, 5) is 17.2. The number of pyridine rings is 1. The number of carbonyl (C=O) groups is 1. The Morgan fingerprint density at radius 1 is 1.00 bits per heavy atom. The van der Waals surface area contributed by atoms with Gasteiger partial charge in [0, 0.05) is 29.2 Å². The zero-order valence-electron chi connectivity index (χ0n) is 15.3. The summed E-state index contributed by atoms with van der Waals surface area (Å²) in [5.41, 5.74) is 5.02. The van der Waals surface area contributed by atoms with Gasteiger partial charge in [0.2, 0.25) is 5.91 Å². The lowest BCUT2D eigenvalue weighted by Gasteiger charge is -2.08. The third kappa shape index (κ3) is 4.15. The van der Waals surface area contributed by atoms with Crippen LogP contribution in [0.2, 0.25) is 0 Å². The molecule has 4 nitrogen and oxygen atoms in total. The maximum atomic E-state index is 12.4. The molecule has 0 bridgehead atoms. The molecule has 2 aromatic heterocycles. The molecule has 2 aromatic carbocycles. The second-order valence-electron chi connectivity index (χ2n) is 6.61. The van der Waals surface area contributed by atoms with Crippen LogP contribution in [-0.2, 0) is 17.8 Å². The van der Waals surface area contributed by atoms with Gasteiger partial charge in [-0.15, -0.1) is 0 Å². The minimum atomic E-state index is 0.0323. The molecule has 0 saturated carbocycles. The van der Waals surface area contributed by atoms with E-state index in [-0.39, 0.29) is 5.91 Å². The van der Waals surface area contributed by atoms with Crippen molar-refractivity contribution < 1.29 is 4.79 Å². The Labute approximate surface area is 172 Å². The number of amides is 1. The van der Waals surface area contributed by atoms with Crippen LogP contribution in [0.25, 0.3) is 16.9 Å². The van der Waals surface area contributed by atoms with Crippen molar-refractivity contribution in [3.8, 4) is 11.3 Å². The first-order chi connectivity index (χ1) is 13.7. The predicted octanol–water partition coefficient (Wildman–Crippen LogP) is 5.01. The van der Waals surface area contributed by atoms with Crippen LogP contribution in [0.1, 0.15) is 17.7 Å². The van der Waals surface area contributed by atoms with Gasteiger partial charge in [-0.25, -0.2) is 4.98 Å². The van der Waals surface area contributed by atoms with Crippen molar-refractivity contribution in [3.63, 3.8) is 0 Å². The smallest absolute Gasteiger partial charge is 0.220 e. The Balaban J connectivity index is 1.50. The SMILES string of the molecule is O=C(CCc1c(-c2ccccc2)nc2ccccn12)NCc1cccc(Br)c1. The Kier molecular flexibility index (Phi) is 5.53. The van der Waals surface area contributed by atoms with Gasteiger partial charge < -0.3 is 9.72 Å². The van der Waals surface area contributed by atoms with Crippen LogP contribution in [-0.4, -0.2) is 15.3 Å². The molecule has 1 amide bonds. The van der Waals surface area contributed by atoms with Crippen molar-refractivity contribution in [2.75, 3.05) is 0 Å². The van der Waals surface area contributed by atoms with Crippen LogP contribution in [0.15, 0.2) is 83.5 Å². The number of halogens is 1. The van der Waals surface area contributed by atoms with E-state index in [1.807, 2.05) is 66.9 Å². The number of fused-ring (bicyclic) bond motifs is 1. The average Bonchev–Trinajstić information content (AvgIpc) is 3.10. The van der Waals surface area contributed by atoms with Crippen molar-refractivity contribution in [2.45, 2.75) is 19.4 Å². The number of nitrogens with one attached hydrogen (secondary N) is 1. The van der Waals surface area contributed by atoms with E-state index in [4.69, 9.17) is 4.98 Å². The van der Waals surface area contributed by atoms with Gasteiger partial charge in [0.1, 0.15) is 5.65 Å². The summed E-state index contributed by atoms with van der Waals surface area (Å²) in [5.74, 6) is 0.0323. The van der Waals surface area contributed by atoms with Gasteiger partial charge in [-0.1, -0.05) is 64.5 Å². The highest BCUT2D eigenvalue weighted by Gasteiger charge is 2.15. The van der Waals surface area contributed by atoms with Crippen molar-refractivity contribution in [1.82, 2.24) is 14.7 Å². The highest BCUT2D eigenvalue weighted by Crippen LogP contribution is 2.25. The third-order valence-corrected chi connectivity index (χ3v) is 5.14. The Bertz CT molecular complexity index is 1110. The monoisotopic (exact) mass is 433 g/mol. The van der Waals surface area contributed by atoms with Crippen molar-refractivity contribution in [1.29, 1.82) is 0 Å². The topological polar surface area (TPSA) is 46.4 Å². The van der Waals surface area contributed by atoms with Crippen LogP contribution in [0.5, 0.6) is 0 Å². The number of aryl methyl sites for hydroxylation is 1. The summed E-state index contributed by atoms with van der Waals surface area (Å²) >= 11 is 3.46. The predicted molar refractivity (Wildman–Crippen MR) is 115 cm³/mol. The highest BCUT2D eigenvalue weighted by molar-refractivity contribution is 9.10. The normalized spacial score (nSPS) is 10.9. The second-order valence-corrected chi connectivity index (χ2v) is 7.52. The average molecular weight is 434 g/mol. The Morgan fingerprint density at radius 2 is 1.82 bits per heavy atom. The number of rotatable bonds is 6. The number of hydrogen-bond acceptors (Lipinski definition) is 2. The molecule has 5 heteroatoms. The zero-order chi connectivity index (χ0) is 19.3. The molecule has 0 unspecified atom stereocenters. The molecule has 4 rings (SSSR count). The quantitative estimate of drug-likeness (QED) is 0.464. The molecule has 0 aliphatic carbocycles. The lowest BCUT2D eigenvalue weighted by molar-refractivity contribution is -0.121. The Hall–Kier alpha value is -2.92. The van der Waals surface area contributed by atoms with Crippen molar-refractivity contribution in [3.05, 3.63) is 94.7 Å². The van der Waals surface area contributed by atoms with Crippen LogP contribution in [0.3, 0.4) is 0 Å². The summed E-state index contributed by atoms with van der Waals surface area (Å²) in [6, 6.07) is 24.0. The van der Waals surface area contributed by atoms with E-state index in [0.29, 0.717) is 19.4 Å². The van der Waals surface area contributed by atoms with Gasteiger partial charge in [0.25, 0.3) is 0 Å². The van der Waals surface area contributed by atoms with Gasteiger partial charge in [0.15, 0.2) is 0 Å². The first kappa shape index (κ1) is 18.4. The summed E-state index contributed by atoms with van der Waals surface area (Å²) in [5, 5.41) is 3.01. The fourth-order valence-electron chi connectivity index (χ4n) is 3.28. The van der Waals surface area contributed by atoms with Crippen molar-refractivity contribution >= 4 is 27.5 Å². The molecule has 140 valence electrons. The molecule has 0 aliphatic heterocycles. The first-order valence-electron chi connectivity index (χ1n) is 9.23.